The van der Waals surface area contributed by atoms with Gasteiger partial charge in [0, 0.05) is 19.6 Å². The highest BCUT2D eigenvalue weighted by Gasteiger charge is 2.66. The summed E-state index contributed by atoms with van der Waals surface area (Å²) in [7, 11) is 3.25. The van der Waals surface area contributed by atoms with Crippen molar-refractivity contribution in [1.82, 2.24) is 4.90 Å². The molecule has 2 aliphatic carbocycles. The topological polar surface area (TPSA) is 86.4 Å². The summed E-state index contributed by atoms with van der Waals surface area (Å²) >= 11 is 0. The van der Waals surface area contributed by atoms with E-state index in [0.29, 0.717) is 18.6 Å². The van der Waals surface area contributed by atoms with E-state index in [2.05, 4.69) is 4.74 Å². The third kappa shape index (κ3) is 3.06. The molecule has 2 N–H and O–H groups in total. The normalized spacial score (nSPS) is 30.4. The van der Waals surface area contributed by atoms with E-state index in [-0.39, 0.29) is 30.3 Å². The molecule has 2 spiro atoms. The molecule has 1 aromatic rings. The van der Waals surface area contributed by atoms with Crippen molar-refractivity contribution in [2.45, 2.75) is 50.4 Å². The highest BCUT2D eigenvalue weighted by atomic mass is 19.3. The maximum atomic E-state index is 13.8. The molecular weight excluding hydrogens is 396 g/mol. The van der Waals surface area contributed by atoms with Gasteiger partial charge in [-0.2, -0.15) is 8.78 Å². The molecule has 1 unspecified atom stereocenters. The molecule has 1 fully saturated rings. The van der Waals surface area contributed by atoms with Crippen molar-refractivity contribution in [3.8, 4) is 5.75 Å². The van der Waals surface area contributed by atoms with Crippen molar-refractivity contribution in [3.63, 3.8) is 0 Å². The van der Waals surface area contributed by atoms with Gasteiger partial charge in [-0.1, -0.05) is 6.07 Å². The Bertz CT molecular complexity index is 855. The summed E-state index contributed by atoms with van der Waals surface area (Å²) in [6.45, 7) is -2.35. The number of hydrogen-bond acceptors (Lipinski definition) is 6. The second kappa shape index (κ2) is 7.77. The smallest absolute Gasteiger partial charge is 0.387 e. The predicted molar refractivity (Wildman–Crippen MR) is 105 cm³/mol. The lowest BCUT2D eigenvalue weighted by Gasteiger charge is -2.45. The van der Waals surface area contributed by atoms with E-state index in [1.54, 1.807) is 20.3 Å². The van der Waals surface area contributed by atoms with Gasteiger partial charge in [0.2, 0.25) is 0 Å². The van der Waals surface area contributed by atoms with Crippen LogP contribution in [0.2, 0.25) is 0 Å². The molecule has 30 heavy (non-hydrogen) atoms. The van der Waals surface area contributed by atoms with Gasteiger partial charge >= 0.3 is 6.61 Å². The largest absolute Gasteiger partial charge is 0.435 e. The van der Waals surface area contributed by atoms with Crippen molar-refractivity contribution in [3.05, 3.63) is 29.3 Å². The van der Waals surface area contributed by atoms with E-state index in [1.807, 2.05) is 0 Å². The number of ether oxygens (including phenoxy) is 3. The number of hydrogen-bond donors (Lipinski definition) is 1. The summed E-state index contributed by atoms with van der Waals surface area (Å²) < 4.78 is 41.0. The Labute approximate surface area is 174 Å². The summed E-state index contributed by atoms with van der Waals surface area (Å²) in [6, 6.07) is 4.82. The zero-order valence-corrected chi connectivity index (χ0v) is 17.2. The van der Waals surface area contributed by atoms with Crippen LogP contribution in [0.3, 0.4) is 0 Å². The van der Waals surface area contributed by atoms with Crippen molar-refractivity contribution in [2.24, 2.45) is 16.1 Å². The van der Waals surface area contributed by atoms with Gasteiger partial charge in [0.25, 0.3) is 5.91 Å². The van der Waals surface area contributed by atoms with Crippen LogP contribution < -0.4 is 10.5 Å². The van der Waals surface area contributed by atoms with Gasteiger partial charge in [-0.15, -0.1) is 0 Å². The highest BCUT2D eigenvalue weighted by molar-refractivity contribution is 6.08. The van der Waals surface area contributed by atoms with E-state index in [9.17, 15) is 13.6 Å². The fraction of sp³-hybridized carbons (Fsp3) is 0.619. The second-order valence-electron chi connectivity index (χ2n) is 8.22. The quantitative estimate of drug-likeness (QED) is 0.760. The average Bonchev–Trinajstić information content (AvgIpc) is 3.13. The maximum absolute atomic E-state index is 13.8. The summed E-state index contributed by atoms with van der Waals surface area (Å²) in [6.07, 6.45) is 3.82. The number of halogens is 2. The van der Waals surface area contributed by atoms with Crippen LogP contribution in [0.5, 0.6) is 5.75 Å². The van der Waals surface area contributed by atoms with Crippen molar-refractivity contribution in [1.29, 1.82) is 0 Å². The monoisotopic (exact) mass is 423 g/mol. The minimum atomic E-state index is -2.95. The van der Waals surface area contributed by atoms with Crippen LogP contribution >= 0.6 is 0 Å². The predicted octanol–water partition coefficient (Wildman–Crippen LogP) is 2.42. The zero-order valence-electron chi connectivity index (χ0n) is 17.2. The molecule has 1 aromatic carbocycles. The Hall–Kier alpha value is -2.26. The van der Waals surface area contributed by atoms with E-state index in [4.69, 9.17) is 20.2 Å². The van der Waals surface area contributed by atoms with Crippen molar-refractivity contribution in [2.75, 3.05) is 27.4 Å². The van der Waals surface area contributed by atoms with E-state index < -0.39 is 17.6 Å². The standard InChI is InChI=1S/C21H27F2N3O4/c1-28-10-9-26-17(27)21(25-19(26)24)16-11-15(30-18(22)23)4-3-13(16)12-20(21)7-5-14(29-2)6-8-20/h3-4,11,14,18H,5-10,12H2,1-2H3,(H2,24,25). The fourth-order valence-electron chi connectivity index (χ4n) is 5.42. The lowest BCUT2D eigenvalue weighted by atomic mass is 9.61. The lowest BCUT2D eigenvalue weighted by molar-refractivity contribution is -0.138. The summed E-state index contributed by atoms with van der Waals surface area (Å²) in [5.74, 6) is -0.0677. The number of nitrogens with zero attached hydrogens (tertiary/aromatic N) is 2. The van der Waals surface area contributed by atoms with Gasteiger partial charge in [-0.25, -0.2) is 4.99 Å². The molecule has 1 amide bonds. The first-order chi connectivity index (χ1) is 14.4. The molecular formula is C21H27F2N3O4. The number of guanidine groups is 1. The fourth-order valence-corrected chi connectivity index (χ4v) is 5.42. The zero-order chi connectivity index (χ0) is 21.5. The number of aliphatic imine (C=N–C) groups is 1. The molecule has 1 saturated carbocycles. The molecule has 1 heterocycles. The number of benzene rings is 1. The van der Waals surface area contributed by atoms with E-state index >= 15 is 0 Å². The van der Waals surface area contributed by atoms with Crippen LogP contribution in [0.4, 0.5) is 8.78 Å². The molecule has 0 saturated heterocycles. The highest BCUT2D eigenvalue weighted by Crippen LogP contribution is 2.62. The van der Waals surface area contributed by atoms with Gasteiger partial charge in [0.1, 0.15) is 5.75 Å². The number of fused-ring (bicyclic) bond motifs is 3. The first-order valence-electron chi connectivity index (χ1n) is 10.1. The lowest BCUT2D eigenvalue weighted by Crippen LogP contribution is -2.52. The summed E-state index contributed by atoms with van der Waals surface area (Å²) in [5, 5.41) is 0. The van der Waals surface area contributed by atoms with Crippen LogP contribution in [0.15, 0.2) is 23.2 Å². The summed E-state index contributed by atoms with van der Waals surface area (Å²) in [5.41, 5.74) is 6.03. The molecule has 0 aromatic heterocycles. The molecule has 164 valence electrons. The molecule has 9 heteroatoms. The van der Waals surface area contributed by atoms with Gasteiger partial charge in [0.05, 0.1) is 19.3 Å². The first kappa shape index (κ1) is 21.0. The summed E-state index contributed by atoms with van der Waals surface area (Å²) in [4.78, 5) is 20.0. The SMILES string of the molecule is COCCN1C(=O)C2(N=C1N)c1cc(OC(F)F)ccc1CC21CCC(OC)CC1. The van der Waals surface area contributed by atoms with Crippen LogP contribution in [0, 0.1) is 5.41 Å². The number of rotatable bonds is 6. The third-order valence-electron chi connectivity index (χ3n) is 6.85. The Morgan fingerprint density at radius 3 is 2.67 bits per heavy atom. The number of amides is 1. The minimum absolute atomic E-state index is 0.0164. The molecule has 3 aliphatic rings. The third-order valence-corrected chi connectivity index (χ3v) is 6.85. The Kier molecular flexibility index (Phi) is 5.44. The number of carbonyl (C=O) groups is 1. The molecule has 1 atom stereocenters. The molecule has 1 aliphatic heterocycles. The van der Waals surface area contributed by atoms with Gasteiger partial charge in [-0.05, 0) is 55.4 Å². The minimum Gasteiger partial charge on any atom is -0.435 e. The van der Waals surface area contributed by atoms with Crippen LogP contribution in [0.25, 0.3) is 0 Å². The molecule has 7 nitrogen and oxygen atoms in total. The van der Waals surface area contributed by atoms with Crippen LogP contribution in [-0.2, 0) is 26.2 Å². The van der Waals surface area contributed by atoms with Crippen LogP contribution in [-0.4, -0.2) is 56.9 Å². The maximum Gasteiger partial charge on any atom is 0.387 e. The van der Waals surface area contributed by atoms with Crippen LogP contribution in [0.1, 0.15) is 36.8 Å². The number of carbonyl (C=O) groups excluding carboxylic acids is 1. The van der Waals surface area contributed by atoms with Gasteiger partial charge in [-0.3, -0.25) is 9.69 Å². The van der Waals surface area contributed by atoms with E-state index in [0.717, 1.165) is 31.2 Å². The average molecular weight is 423 g/mol. The Balaban J connectivity index is 1.81. The van der Waals surface area contributed by atoms with Crippen molar-refractivity contribution >= 4 is 11.9 Å². The molecule has 0 radical (unpaired) electrons. The van der Waals surface area contributed by atoms with Crippen molar-refractivity contribution < 1.29 is 27.8 Å². The molecule has 4 rings (SSSR count). The Morgan fingerprint density at radius 1 is 1.30 bits per heavy atom. The first-order valence-corrected chi connectivity index (χ1v) is 10.1. The number of methoxy groups -OCH3 is 2. The molecule has 0 bridgehead atoms. The Morgan fingerprint density at radius 2 is 2.03 bits per heavy atom. The second-order valence-corrected chi connectivity index (χ2v) is 8.22. The number of nitrogens with two attached hydrogens (primary N) is 1. The van der Waals surface area contributed by atoms with E-state index in [1.165, 1.54) is 17.0 Å². The van der Waals surface area contributed by atoms with Gasteiger partial charge < -0.3 is 19.9 Å². The van der Waals surface area contributed by atoms with Gasteiger partial charge in [0.15, 0.2) is 11.5 Å². The number of alkyl halides is 2.